The van der Waals surface area contributed by atoms with Crippen LogP contribution in [0.2, 0.25) is 0 Å². The lowest BCUT2D eigenvalue weighted by molar-refractivity contribution is 0.279. The Morgan fingerprint density at radius 3 is 2.47 bits per heavy atom. The highest BCUT2D eigenvalue weighted by molar-refractivity contribution is 5.86. The fourth-order valence-corrected chi connectivity index (χ4v) is 7.25. The Kier molecular flexibility index (Phi) is 5.00. The van der Waals surface area contributed by atoms with Crippen LogP contribution in [0.15, 0.2) is 121 Å². The van der Waals surface area contributed by atoms with E-state index in [9.17, 15) is 0 Å². The lowest BCUT2D eigenvalue weighted by Crippen LogP contribution is -2.43. The third kappa shape index (κ3) is 3.07. The Hall–Kier alpha value is -4.04. The van der Waals surface area contributed by atoms with Crippen LogP contribution in [0.5, 0.6) is 0 Å². The molecule has 0 N–H and O–H groups in total. The van der Waals surface area contributed by atoms with Crippen LogP contribution in [0.1, 0.15) is 54.6 Å². The number of likely N-dealkylation sites (N-methyl/N-ethyl adjacent to an activating group) is 1. The molecule has 0 radical (unpaired) electrons. The molecule has 1 fully saturated rings. The second-order valence-electron chi connectivity index (χ2n) is 11.4. The van der Waals surface area contributed by atoms with Gasteiger partial charge in [0.1, 0.15) is 0 Å². The summed E-state index contributed by atoms with van der Waals surface area (Å²) in [6, 6.07) is 28.9. The van der Waals surface area contributed by atoms with E-state index in [0.29, 0.717) is 0 Å². The minimum Gasteiger partial charge on any atom is -0.369 e. The predicted octanol–water partition coefficient (Wildman–Crippen LogP) is 8.00. The molecule has 0 spiro atoms. The topological polar surface area (TPSA) is 6.48 Å². The van der Waals surface area contributed by atoms with Gasteiger partial charge in [0, 0.05) is 42.0 Å². The summed E-state index contributed by atoms with van der Waals surface area (Å²) < 4.78 is 0. The van der Waals surface area contributed by atoms with E-state index in [1.165, 1.54) is 50.2 Å². The Balaban J connectivity index is 1.31. The lowest BCUT2D eigenvalue weighted by atomic mass is 9.82. The Morgan fingerprint density at radius 1 is 0.895 bits per heavy atom. The fourth-order valence-electron chi connectivity index (χ4n) is 7.25. The van der Waals surface area contributed by atoms with E-state index < -0.39 is 0 Å². The van der Waals surface area contributed by atoms with Crippen LogP contribution in [-0.2, 0) is 5.41 Å². The zero-order chi connectivity index (χ0) is 26.1. The second-order valence-corrected chi connectivity index (χ2v) is 11.4. The van der Waals surface area contributed by atoms with Gasteiger partial charge in [0.15, 0.2) is 0 Å². The highest BCUT2D eigenvalue weighted by Gasteiger charge is 2.73. The molecule has 0 saturated heterocycles. The number of fused-ring (bicyclic) bond motifs is 6. The average molecular weight is 495 g/mol. The molecule has 0 aromatic heterocycles. The van der Waals surface area contributed by atoms with Gasteiger partial charge in [0.25, 0.3) is 0 Å². The first-order chi connectivity index (χ1) is 18.4. The largest absolute Gasteiger partial charge is 0.369 e. The number of allylic oxidation sites excluding steroid dienone is 4. The van der Waals surface area contributed by atoms with Crippen LogP contribution in [0.4, 0.5) is 0 Å². The highest BCUT2D eigenvalue weighted by atomic mass is 15.3. The van der Waals surface area contributed by atoms with Crippen molar-refractivity contribution in [3.63, 3.8) is 0 Å². The first-order valence-corrected chi connectivity index (χ1v) is 13.7. The van der Waals surface area contributed by atoms with E-state index in [0.717, 1.165) is 6.54 Å². The molecule has 3 aliphatic heterocycles. The summed E-state index contributed by atoms with van der Waals surface area (Å²) in [5.74, 6) is 0. The number of hydrogen-bond donors (Lipinski definition) is 0. The molecular formula is C36H34N2. The SMILES string of the molecule is CC1=CC(c2ccccc2C=C2C3(C)c4ccccc4C4=CC=CCN4C23C)N(C)C=C1c1ccccc1. The van der Waals surface area contributed by atoms with E-state index >= 15 is 0 Å². The van der Waals surface area contributed by atoms with Gasteiger partial charge in [-0.05, 0) is 60.2 Å². The monoisotopic (exact) mass is 494 g/mol. The summed E-state index contributed by atoms with van der Waals surface area (Å²) in [6.45, 7) is 8.08. The van der Waals surface area contributed by atoms with Crippen LogP contribution in [0, 0.1) is 0 Å². The molecule has 1 aliphatic carbocycles. The van der Waals surface area contributed by atoms with Gasteiger partial charge in [-0.15, -0.1) is 0 Å². The van der Waals surface area contributed by atoms with Crippen LogP contribution in [0.25, 0.3) is 17.3 Å². The van der Waals surface area contributed by atoms with Gasteiger partial charge in [-0.1, -0.05) is 103 Å². The maximum atomic E-state index is 2.62. The van der Waals surface area contributed by atoms with Crippen molar-refractivity contribution in [3.05, 3.63) is 148 Å². The zero-order valence-electron chi connectivity index (χ0n) is 22.6. The number of hydrogen-bond acceptors (Lipinski definition) is 2. The summed E-state index contributed by atoms with van der Waals surface area (Å²) in [5.41, 5.74) is 12.2. The Morgan fingerprint density at radius 2 is 1.63 bits per heavy atom. The second kappa shape index (κ2) is 8.23. The van der Waals surface area contributed by atoms with E-state index in [2.05, 4.69) is 153 Å². The highest BCUT2D eigenvalue weighted by Crippen LogP contribution is 2.71. The molecule has 7 rings (SSSR count). The molecular weight excluding hydrogens is 460 g/mol. The third-order valence-corrected chi connectivity index (χ3v) is 9.53. The Bertz CT molecular complexity index is 1600. The number of benzene rings is 3. The average Bonchev–Trinajstić information content (AvgIpc) is 3.46. The molecule has 0 amide bonds. The summed E-state index contributed by atoms with van der Waals surface area (Å²) in [7, 11) is 2.20. The summed E-state index contributed by atoms with van der Waals surface area (Å²) in [4.78, 5) is 4.98. The molecule has 2 nitrogen and oxygen atoms in total. The fraction of sp³-hybridized carbons (Fsp3) is 0.222. The molecule has 3 atom stereocenters. The van der Waals surface area contributed by atoms with Gasteiger partial charge in [0.05, 0.1) is 11.6 Å². The smallest absolute Gasteiger partial charge is 0.0734 e. The van der Waals surface area contributed by atoms with Crippen molar-refractivity contribution in [2.45, 2.75) is 37.8 Å². The molecule has 3 aromatic rings. The molecule has 3 unspecified atom stereocenters. The first kappa shape index (κ1) is 23.1. The maximum Gasteiger partial charge on any atom is 0.0734 e. The van der Waals surface area contributed by atoms with E-state index in [-0.39, 0.29) is 17.0 Å². The summed E-state index contributed by atoms with van der Waals surface area (Å²) in [5, 5.41) is 0. The van der Waals surface area contributed by atoms with Crippen molar-refractivity contribution in [1.82, 2.24) is 9.80 Å². The van der Waals surface area contributed by atoms with Gasteiger partial charge >= 0.3 is 0 Å². The van der Waals surface area contributed by atoms with Gasteiger partial charge in [-0.2, -0.15) is 0 Å². The van der Waals surface area contributed by atoms with Crippen LogP contribution in [-0.4, -0.2) is 28.9 Å². The lowest BCUT2D eigenvalue weighted by Gasteiger charge is -2.42. The van der Waals surface area contributed by atoms with Gasteiger partial charge in [-0.25, -0.2) is 0 Å². The summed E-state index contributed by atoms with van der Waals surface area (Å²) >= 11 is 0. The molecule has 3 aromatic carbocycles. The van der Waals surface area contributed by atoms with Gasteiger partial charge in [-0.3, -0.25) is 0 Å². The molecule has 188 valence electrons. The minimum absolute atomic E-state index is 0.0101. The normalized spacial score (nSPS) is 28.2. The Labute approximate surface area is 226 Å². The van der Waals surface area contributed by atoms with Crippen molar-refractivity contribution < 1.29 is 0 Å². The molecule has 3 heterocycles. The first-order valence-electron chi connectivity index (χ1n) is 13.7. The van der Waals surface area contributed by atoms with Gasteiger partial charge in [0.2, 0.25) is 0 Å². The zero-order valence-corrected chi connectivity index (χ0v) is 22.6. The van der Waals surface area contributed by atoms with Crippen LogP contribution < -0.4 is 0 Å². The summed E-state index contributed by atoms with van der Waals surface area (Å²) in [6.07, 6.45) is 14.0. The van der Waals surface area contributed by atoms with Crippen molar-refractivity contribution in [2.24, 2.45) is 0 Å². The molecule has 2 heteroatoms. The van der Waals surface area contributed by atoms with Crippen LogP contribution >= 0.6 is 0 Å². The van der Waals surface area contributed by atoms with Crippen molar-refractivity contribution in [3.8, 4) is 0 Å². The molecule has 1 saturated carbocycles. The molecule has 4 aliphatic rings. The minimum atomic E-state index is -0.0321. The van der Waals surface area contributed by atoms with E-state index in [4.69, 9.17) is 0 Å². The maximum absolute atomic E-state index is 2.62. The number of rotatable bonds is 3. The van der Waals surface area contributed by atoms with Crippen molar-refractivity contribution in [2.75, 3.05) is 13.6 Å². The standard InChI is InChI=1S/C36H34N2/c1-25-22-33(37(4)24-30(25)26-14-6-5-7-15-26)28-17-9-8-16-27(28)23-34-35(2)31-19-11-10-18-29(31)32-20-12-13-21-38(32)36(34,35)3/h5-20,22-24,33H,21H2,1-4H3. The predicted molar refractivity (Wildman–Crippen MR) is 159 cm³/mol. The van der Waals surface area contributed by atoms with E-state index in [1.807, 2.05) is 0 Å². The third-order valence-electron chi connectivity index (χ3n) is 9.53. The van der Waals surface area contributed by atoms with Gasteiger partial charge < -0.3 is 9.80 Å². The van der Waals surface area contributed by atoms with Crippen LogP contribution in [0.3, 0.4) is 0 Å². The van der Waals surface area contributed by atoms with E-state index in [1.54, 1.807) is 0 Å². The van der Waals surface area contributed by atoms with Crippen molar-refractivity contribution in [1.29, 1.82) is 0 Å². The quantitative estimate of drug-likeness (QED) is 0.364. The van der Waals surface area contributed by atoms with Crippen molar-refractivity contribution >= 4 is 17.3 Å². The number of nitrogens with zero attached hydrogens (tertiary/aromatic N) is 2. The molecule has 0 bridgehead atoms. The molecule has 38 heavy (non-hydrogen) atoms.